The van der Waals surface area contributed by atoms with Crippen LogP contribution in [0.25, 0.3) is 33.2 Å². The number of rotatable bonds is 17. The van der Waals surface area contributed by atoms with Gasteiger partial charge in [0.15, 0.2) is 0 Å². The van der Waals surface area contributed by atoms with Crippen LogP contribution in [-0.2, 0) is 34.3 Å². The molecule has 62 heavy (non-hydrogen) atoms. The molecule has 0 radical (unpaired) electrons. The van der Waals surface area contributed by atoms with Gasteiger partial charge in [0.05, 0.1) is 17.1 Å². The Morgan fingerprint density at radius 2 is 1.65 bits per heavy atom. The number of hydrogen-bond donors (Lipinski definition) is 3. The minimum Gasteiger partial charge on any atom is -0.393 e. The van der Waals surface area contributed by atoms with Crippen molar-refractivity contribution >= 4 is 39.8 Å². The van der Waals surface area contributed by atoms with Crippen LogP contribution < -0.4 is 16.3 Å². The van der Waals surface area contributed by atoms with E-state index >= 15 is 0 Å². The molecule has 3 aromatic heterocycles. The number of aliphatic hydroxyl groups excluding tert-OH is 1. The van der Waals surface area contributed by atoms with E-state index in [0.717, 1.165) is 117 Å². The number of piperidine rings is 1. The average molecular weight is 856 g/mol. The van der Waals surface area contributed by atoms with Crippen molar-refractivity contribution in [2.75, 3.05) is 51.3 Å². The number of nitrogens with zero attached hydrogens (tertiary/aromatic N) is 7. The van der Waals surface area contributed by atoms with Crippen LogP contribution >= 0.6 is 0 Å². The molecule has 5 heterocycles. The number of fused-ring (bicyclic) bond motifs is 2. The highest BCUT2D eigenvalue weighted by Gasteiger charge is 2.31. The molecular weight excluding hydrogens is 797 g/mol. The number of halogens is 2. The highest BCUT2D eigenvalue weighted by Crippen LogP contribution is 2.37. The Hall–Kier alpha value is -5.03. The molecule has 0 bridgehead atoms. The summed E-state index contributed by atoms with van der Waals surface area (Å²) in [4.78, 5) is 51.6. The molecule has 2 aliphatic heterocycles. The average Bonchev–Trinajstić information content (AvgIpc) is 3.74. The van der Waals surface area contributed by atoms with E-state index in [0.29, 0.717) is 31.1 Å². The Bertz CT molecular complexity index is 2400. The molecule has 0 spiro atoms. The number of piperazine rings is 1. The summed E-state index contributed by atoms with van der Waals surface area (Å²) in [5, 5.41) is 16.5. The fraction of sp³-hybridized carbons (Fsp3) is 0.543. The van der Waals surface area contributed by atoms with Crippen LogP contribution in [0.5, 0.6) is 0 Å². The first-order valence-corrected chi connectivity index (χ1v) is 22.3. The Labute approximate surface area is 360 Å². The number of alkyl halides is 2. The van der Waals surface area contributed by atoms with Crippen molar-refractivity contribution in [3.05, 3.63) is 76.5 Å². The molecule has 8 rings (SSSR count). The monoisotopic (exact) mass is 855 g/mol. The number of imide groups is 1. The van der Waals surface area contributed by atoms with Gasteiger partial charge in [-0.2, -0.15) is 4.98 Å². The van der Waals surface area contributed by atoms with E-state index in [1.54, 1.807) is 24.7 Å². The molecule has 3 fully saturated rings. The molecule has 2 aromatic carbocycles. The zero-order chi connectivity index (χ0) is 43.3. The number of amides is 2. The second-order valence-electron chi connectivity index (χ2n) is 17.4. The minimum atomic E-state index is -2.41. The number of anilines is 1. The Morgan fingerprint density at radius 3 is 2.39 bits per heavy atom. The van der Waals surface area contributed by atoms with Crippen LogP contribution in [0, 0.1) is 0 Å². The first kappa shape index (κ1) is 43.6. The minimum absolute atomic E-state index is 0.191. The molecule has 16 heteroatoms. The largest absolute Gasteiger partial charge is 0.393 e. The second kappa shape index (κ2) is 19.6. The number of aromatic nitrogens is 5. The van der Waals surface area contributed by atoms with Crippen LogP contribution in [-0.4, -0.2) is 115 Å². The lowest BCUT2D eigenvalue weighted by molar-refractivity contribution is -0.135. The zero-order valence-electron chi connectivity index (χ0n) is 35.8. The molecule has 14 nitrogen and oxygen atoms in total. The van der Waals surface area contributed by atoms with Crippen molar-refractivity contribution < 1.29 is 28.2 Å². The fourth-order valence-corrected chi connectivity index (χ4v) is 9.37. The number of carbonyl (C=O) groups is 2. The number of imidazole rings is 1. The predicted octanol–water partition coefficient (Wildman–Crippen LogP) is 5.82. The maximum atomic E-state index is 13.1. The SMILES string of the molecule is C[C@@H](CC(F)F)Nc1ncc2c(-c3ccc(CN4CCN(CCCOCCCc5ccc6c(c5)n(C)c(=O)n6C5CCC(=O)NC5=O)CC4)cc3)cn(C3CCC(O)CC3)c2n1. The van der Waals surface area contributed by atoms with Gasteiger partial charge in [-0.3, -0.25) is 28.9 Å². The topological polar surface area (TPSA) is 152 Å². The van der Waals surface area contributed by atoms with Crippen molar-refractivity contribution in [3.8, 4) is 11.1 Å². The highest BCUT2D eigenvalue weighted by molar-refractivity contribution is 6.00. The van der Waals surface area contributed by atoms with Crippen LogP contribution in [0.4, 0.5) is 14.7 Å². The zero-order valence-corrected chi connectivity index (χ0v) is 35.8. The number of ether oxygens (including phenoxy) is 1. The van der Waals surface area contributed by atoms with Gasteiger partial charge in [0, 0.05) is 108 Å². The van der Waals surface area contributed by atoms with E-state index in [-0.39, 0.29) is 36.6 Å². The normalized spacial score (nSPS) is 21.0. The van der Waals surface area contributed by atoms with Crippen LogP contribution in [0.2, 0.25) is 0 Å². The number of aliphatic hydroxyl groups is 1. The number of carbonyl (C=O) groups excluding carboxylic acids is 2. The lowest BCUT2D eigenvalue weighted by Crippen LogP contribution is -2.46. The summed E-state index contributed by atoms with van der Waals surface area (Å²) in [6.45, 7) is 9.01. The molecule has 1 aliphatic carbocycles. The molecule has 3 N–H and O–H groups in total. The van der Waals surface area contributed by atoms with E-state index in [4.69, 9.17) is 9.72 Å². The van der Waals surface area contributed by atoms with Gasteiger partial charge in [0.25, 0.3) is 0 Å². The number of hydrogen-bond acceptors (Lipinski definition) is 10. The van der Waals surface area contributed by atoms with E-state index in [2.05, 4.69) is 60.4 Å². The summed E-state index contributed by atoms with van der Waals surface area (Å²) in [6, 6.07) is 13.7. The summed E-state index contributed by atoms with van der Waals surface area (Å²) in [5.41, 5.74) is 6.46. The molecule has 332 valence electrons. The highest BCUT2D eigenvalue weighted by atomic mass is 19.3. The maximum absolute atomic E-state index is 13.1. The van der Waals surface area contributed by atoms with E-state index in [1.807, 2.05) is 18.2 Å². The molecule has 5 aromatic rings. The second-order valence-corrected chi connectivity index (χ2v) is 17.4. The number of benzene rings is 2. The first-order valence-electron chi connectivity index (χ1n) is 22.3. The molecule has 2 atom stereocenters. The third-order valence-electron chi connectivity index (χ3n) is 12.9. The lowest BCUT2D eigenvalue weighted by atomic mass is 9.93. The van der Waals surface area contributed by atoms with Gasteiger partial charge in [-0.25, -0.2) is 18.6 Å². The molecule has 3 aliphatic rings. The van der Waals surface area contributed by atoms with Crippen LogP contribution in [0.3, 0.4) is 0 Å². The smallest absolute Gasteiger partial charge is 0.329 e. The lowest BCUT2D eigenvalue weighted by Gasteiger charge is -2.34. The summed E-state index contributed by atoms with van der Waals surface area (Å²) < 4.78 is 37.3. The summed E-state index contributed by atoms with van der Waals surface area (Å²) in [5.74, 6) is -0.390. The van der Waals surface area contributed by atoms with E-state index in [1.165, 1.54) is 10.1 Å². The fourth-order valence-electron chi connectivity index (χ4n) is 9.37. The van der Waals surface area contributed by atoms with Crippen molar-refractivity contribution in [1.82, 2.24) is 38.8 Å². The Morgan fingerprint density at radius 1 is 0.919 bits per heavy atom. The van der Waals surface area contributed by atoms with Gasteiger partial charge >= 0.3 is 5.69 Å². The van der Waals surface area contributed by atoms with Crippen molar-refractivity contribution in [2.24, 2.45) is 7.05 Å². The van der Waals surface area contributed by atoms with Gasteiger partial charge in [0.1, 0.15) is 11.7 Å². The summed E-state index contributed by atoms with van der Waals surface area (Å²) in [6.07, 6.45) is 7.33. The third kappa shape index (κ3) is 10.1. The van der Waals surface area contributed by atoms with E-state index in [9.17, 15) is 28.3 Å². The standard InChI is InChI=1S/C46H59F2N9O5/c1-30(25-41(47)48)50-45-49-27-36-37(29-56(43(36)52-45)34-11-13-35(58)14-12-34)33-9-6-32(7-10-33)28-55-21-19-54(20-22-55)18-4-24-62-23-3-5-31-8-15-38-40(26-31)53(2)46(61)57(38)39-16-17-42(59)51-44(39)60/h6-10,15,26-27,29-30,34-35,39,41,58H,3-5,11-14,16-25,28H2,1-2H3,(H,49,50,52)(H,51,59,60)/t30-,34?,35?,39?/m0/s1. The third-order valence-corrected chi connectivity index (χ3v) is 12.9. The van der Waals surface area contributed by atoms with Gasteiger partial charge < -0.3 is 24.6 Å². The molecule has 1 unspecified atom stereocenters. The maximum Gasteiger partial charge on any atom is 0.329 e. The van der Waals surface area contributed by atoms with Crippen molar-refractivity contribution in [3.63, 3.8) is 0 Å². The summed E-state index contributed by atoms with van der Waals surface area (Å²) in [7, 11) is 1.71. The number of nitrogens with one attached hydrogen (secondary N) is 2. The van der Waals surface area contributed by atoms with Crippen LogP contribution in [0.1, 0.15) is 87.9 Å². The number of aryl methyl sites for hydroxylation is 2. The molecule has 2 amide bonds. The Kier molecular flexibility index (Phi) is 13.8. The molecular formula is C46H59F2N9O5. The van der Waals surface area contributed by atoms with Gasteiger partial charge in [0.2, 0.25) is 24.2 Å². The van der Waals surface area contributed by atoms with Gasteiger partial charge in [-0.05, 0) is 87.1 Å². The summed E-state index contributed by atoms with van der Waals surface area (Å²) >= 11 is 0. The Balaban J connectivity index is 0.774. The van der Waals surface area contributed by atoms with Crippen molar-refractivity contribution in [1.29, 1.82) is 0 Å². The van der Waals surface area contributed by atoms with Crippen molar-refractivity contribution in [2.45, 2.75) is 108 Å². The molecule has 1 saturated carbocycles. The quantitative estimate of drug-likeness (QED) is 0.0772. The van der Waals surface area contributed by atoms with Crippen LogP contribution in [0.15, 0.2) is 59.7 Å². The van der Waals surface area contributed by atoms with Gasteiger partial charge in [-0.15, -0.1) is 0 Å². The first-order chi connectivity index (χ1) is 30.0. The van der Waals surface area contributed by atoms with E-state index < -0.39 is 24.4 Å². The predicted molar refractivity (Wildman–Crippen MR) is 234 cm³/mol. The molecule has 2 saturated heterocycles. The van der Waals surface area contributed by atoms with Gasteiger partial charge in [-0.1, -0.05) is 30.3 Å².